The van der Waals surface area contributed by atoms with Crippen LogP contribution in [0.25, 0.3) is 0 Å². The van der Waals surface area contributed by atoms with Crippen LogP contribution in [-0.2, 0) is 0 Å². The Hall–Kier alpha value is -2.03. The van der Waals surface area contributed by atoms with E-state index in [1.807, 2.05) is 26.0 Å². The lowest BCUT2D eigenvalue weighted by Crippen LogP contribution is -1.96. The maximum Gasteiger partial charge on any atom is 0.150 e. The molecule has 3 heteroatoms. The summed E-state index contributed by atoms with van der Waals surface area (Å²) in [6.07, 6.45) is 0. The highest BCUT2D eigenvalue weighted by atomic mass is 19.1. The van der Waals surface area contributed by atoms with E-state index in [0.29, 0.717) is 17.2 Å². The molecule has 0 aliphatic rings. The Bertz CT molecular complexity index is 552. The lowest BCUT2D eigenvalue weighted by atomic mass is 10.1. The largest absolute Gasteiger partial charge is 0.455 e. The van der Waals surface area contributed by atoms with Crippen molar-refractivity contribution in [1.29, 1.82) is 0 Å². The summed E-state index contributed by atoms with van der Waals surface area (Å²) in [7, 11) is 0. The summed E-state index contributed by atoms with van der Waals surface area (Å²) >= 11 is 0. The molecule has 88 valence electrons. The highest BCUT2D eigenvalue weighted by molar-refractivity contribution is 5.60. The molecule has 0 saturated carbocycles. The zero-order valence-corrected chi connectivity index (χ0v) is 9.83. The first-order valence-corrected chi connectivity index (χ1v) is 5.36. The summed E-state index contributed by atoms with van der Waals surface area (Å²) in [5.74, 6) is 0.681. The molecule has 0 aliphatic heterocycles. The molecule has 0 aromatic heterocycles. The molecule has 0 fully saturated rings. The van der Waals surface area contributed by atoms with Gasteiger partial charge in [0, 0.05) is 6.07 Å². The van der Waals surface area contributed by atoms with E-state index in [-0.39, 0.29) is 5.82 Å². The third-order valence-corrected chi connectivity index (χ3v) is 2.52. The lowest BCUT2D eigenvalue weighted by Gasteiger charge is -2.11. The predicted octanol–water partition coefficient (Wildman–Crippen LogP) is 3.82. The molecule has 0 unspecified atom stereocenters. The van der Waals surface area contributed by atoms with Gasteiger partial charge in [-0.15, -0.1) is 0 Å². The van der Waals surface area contributed by atoms with E-state index >= 15 is 0 Å². The lowest BCUT2D eigenvalue weighted by molar-refractivity contribution is 0.478. The number of nitrogen functional groups attached to an aromatic ring is 1. The van der Waals surface area contributed by atoms with Gasteiger partial charge in [0.1, 0.15) is 11.6 Å². The van der Waals surface area contributed by atoms with Crippen LogP contribution in [0.5, 0.6) is 11.5 Å². The van der Waals surface area contributed by atoms with Crippen LogP contribution in [0.3, 0.4) is 0 Å². The summed E-state index contributed by atoms with van der Waals surface area (Å²) in [5, 5.41) is 0. The number of ether oxygens (including phenoxy) is 1. The van der Waals surface area contributed by atoms with Crippen LogP contribution in [0.2, 0.25) is 0 Å². The van der Waals surface area contributed by atoms with Crippen molar-refractivity contribution < 1.29 is 9.13 Å². The van der Waals surface area contributed by atoms with E-state index in [4.69, 9.17) is 10.5 Å². The maximum atomic E-state index is 13.0. The van der Waals surface area contributed by atoms with Crippen molar-refractivity contribution in [3.63, 3.8) is 0 Å². The normalized spacial score (nSPS) is 10.3. The molecule has 2 N–H and O–H groups in total. The van der Waals surface area contributed by atoms with Crippen LogP contribution >= 0.6 is 0 Å². The number of nitrogens with two attached hydrogens (primary N) is 1. The molecule has 2 aromatic carbocycles. The predicted molar refractivity (Wildman–Crippen MR) is 66.8 cm³/mol. The monoisotopic (exact) mass is 231 g/mol. The summed E-state index contributed by atoms with van der Waals surface area (Å²) in [5.41, 5.74) is 8.52. The highest BCUT2D eigenvalue weighted by Gasteiger charge is 2.06. The van der Waals surface area contributed by atoms with Crippen LogP contribution < -0.4 is 10.5 Å². The number of aryl methyl sites for hydroxylation is 2. The molecular weight excluding hydrogens is 217 g/mol. The minimum Gasteiger partial charge on any atom is -0.455 e. The van der Waals surface area contributed by atoms with E-state index in [0.717, 1.165) is 11.1 Å². The molecule has 0 aliphatic carbocycles. The molecule has 2 nitrogen and oxygen atoms in total. The molecule has 0 saturated heterocycles. The Morgan fingerprint density at radius 2 is 1.88 bits per heavy atom. The molecule has 0 radical (unpaired) electrons. The van der Waals surface area contributed by atoms with Gasteiger partial charge in [0.05, 0.1) is 5.69 Å². The average molecular weight is 231 g/mol. The van der Waals surface area contributed by atoms with E-state index < -0.39 is 0 Å². The Balaban J connectivity index is 2.36. The zero-order valence-electron chi connectivity index (χ0n) is 9.83. The average Bonchev–Trinajstić information content (AvgIpc) is 2.25. The number of hydrogen-bond acceptors (Lipinski definition) is 2. The maximum absolute atomic E-state index is 13.0. The third kappa shape index (κ3) is 2.56. The Labute approximate surface area is 99.8 Å². The first kappa shape index (κ1) is 11.5. The molecule has 0 spiro atoms. The van der Waals surface area contributed by atoms with E-state index in [2.05, 4.69) is 0 Å². The van der Waals surface area contributed by atoms with Gasteiger partial charge in [-0.1, -0.05) is 12.1 Å². The van der Waals surface area contributed by atoms with Gasteiger partial charge >= 0.3 is 0 Å². The minimum absolute atomic E-state index is 0.328. The van der Waals surface area contributed by atoms with Gasteiger partial charge in [-0.05, 0) is 43.2 Å². The van der Waals surface area contributed by atoms with Crippen LogP contribution in [0.15, 0.2) is 36.4 Å². The number of hydrogen-bond donors (Lipinski definition) is 1. The van der Waals surface area contributed by atoms with Crippen LogP contribution in [0, 0.1) is 19.7 Å². The fraction of sp³-hybridized carbons (Fsp3) is 0.143. The third-order valence-electron chi connectivity index (χ3n) is 2.52. The number of rotatable bonds is 2. The number of anilines is 1. The van der Waals surface area contributed by atoms with E-state index in [9.17, 15) is 4.39 Å². The van der Waals surface area contributed by atoms with Gasteiger partial charge < -0.3 is 10.5 Å². The zero-order chi connectivity index (χ0) is 12.4. The molecule has 0 heterocycles. The van der Waals surface area contributed by atoms with Crippen molar-refractivity contribution in [2.24, 2.45) is 0 Å². The molecule has 2 aromatic rings. The van der Waals surface area contributed by atoms with E-state index in [1.54, 1.807) is 12.1 Å². The van der Waals surface area contributed by atoms with Gasteiger partial charge in [-0.25, -0.2) is 4.39 Å². The number of halogens is 1. The first-order chi connectivity index (χ1) is 8.06. The molecule has 17 heavy (non-hydrogen) atoms. The minimum atomic E-state index is -0.328. The topological polar surface area (TPSA) is 35.2 Å². The summed E-state index contributed by atoms with van der Waals surface area (Å²) in [4.78, 5) is 0. The molecule has 0 bridgehead atoms. The van der Waals surface area contributed by atoms with Gasteiger partial charge in [0.2, 0.25) is 0 Å². The van der Waals surface area contributed by atoms with Crippen molar-refractivity contribution in [2.45, 2.75) is 13.8 Å². The van der Waals surface area contributed by atoms with Crippen molar-refractivity contribution in [3.8, 4) is 11.5 Å². The Kier molecular flexibility index (Phi) is 3.00. The Morgan fingerprint density at radius 1 is 1.12 bits per heavy atom. The van der Waals surface area contributed by atoms with Gasteiger partial charge in [0.25, 0.3) is 0 Å². The van der Waals surface area contributed by atoms with E-state index in [1.165, 1.54) is 12.1 Å². The molecule has 0 amide bonds. The fourth-order valence-electron chi connectivity index (χ4n) is 1.68. The Morgan fingerprint density at radius 3 is 2.59 bits per heavy atom. The second-order valence-corrected chi connectivity index (χ2v) is 4.05. The molecule has 2 rings (SSSR count). The first-order valence-electron chi connectivity index (χ1n) is 5.36. The highest BCUT2D eigenvalue weighted by Crippen LogP contribution is 2.31. The SMILES string of the molecule is Cc1cc(C)c(N)c(Oc2cccc(F)c2)c1. The molecule has 0 atom stereocenters. The second kappa shape index (κ2) is 4.45. The second-order valence-electron chi connectivity index (χ2n) is 4.05. The summed E-state index contributed by atoms with van der Waals surface area (Å²) < 4.78 is 18.6. The van der Waals surface area contributed by atoms with Gasteiger partial charge in [-0.3, -0.25) is 0 Å². The van der Waals surface area contributed by atoms with Crippen molar-refractivity contribution in [3.05, 3.63) is 53.3 Å². The van der Waals surface area contributed by atoms with Crippen molar-refractivity contribution in [1.82, 2.24) is 0 Å². The standard InChI is InChI=1S/C14H14FNO/c1-9-6-10(2)14(16)13(7-9)17-12-5-3-4-11(15)8-12/h3-8H,16H2,1-2H3. The van der Waals surface area contributed by atoms with Crippen LogP contribution in [0.4, 0.5) is 10.1 Å². The summed E-state index contributed by atoms with van der Waals surface area (Å²) in [6.45, 7) is 3.88. The van der Waals surface area contributed by atoms with Gasteiger partial charge in [-0.2, -0.15) is 0 Å². The smallest absolute Gasteiger partial charge is 0.150 e. The van der Waals surface area contributed by atoms with Crippen molar-refractivity contribution in [2.75, 3.05) is 5.73 Å². The fourth-order valence-corrected chi connectivity index (χ4v) is 1.68. The number of benzene rings is 2. The van der Waals surface area contributed by atoms with Crippen LogP contribution in [-0.4, -0.2) is 0 Å². The van der Waals surface area contributed by atoms with Gasteiger partial charge in [0.15, 0.2) is 5.75 Å². The quantitative estimate of drug-likeness (QED) is 0.797. The van der Waals surface area contributed by atoms with Crippen molar-refractivity contribution >= 4 is 5.69 Å². The summed E-state index contributed by atoms with van der Waals surface area (Å²) in [6, 6.07) is 9.82. The molecular formula is C14H14FNO. The van der Waals surface area contributed by atoms with Crippen LogP contribution in [0.1, 0.15) is 11.1 Å².